The Kier molecular flexibility index (Phi) is 5.52. The van der Waals surface area contributed by atoms with Gasteiger partial charge in [0.25, 0.3) is 5.91 Å². The van der Waals surface area contributed by atoms with Crippen LogP contribution in [0.3, 0.4) is 0 Å². The quantitative estimate of drug-likeness (QED) is 0.814. The summed E-state index contributed by atoms with van der Waals surface area (Å²) >= 11 is 4.76. The van der Waals surface area contributed by atoms with Gasteiger partial charge in [0, 0.05) is 11.8 Å². The monoisotopic (exact) mass is 367 g/mol. The van der Waals surface area contributed by atoms with Crippen molar-refractivity contribution >= 4 is 39.1 Å². The fourth-order valence-corrected chi connectivity index (χ4v) is 3.08. The van der Waals surface area contributed by atoms with Gasteiger partial charge in [0.1, 0.15) is 0 Å². The molecular formula is C15H14BrNO3S. The molecule has 2 aromatic rings. The standard InChI is InChI=1S/C15H14BrNO3S/c16-13-8-11(9-21-13)15(20)17-12(6-7-14(18)19)10-4-2-1-3-5-10/h1-5,8-9,12H,6-7H2,(H,17,20)(H,18,19). The molecule has 0 saturated heterocycles. The number of carbonyl (C=O) groups excluding carboxylic acids is 1. The van der Waals surface area contributed by atoms with Crippen molar-refractivity contribution in [2.45, 2.75) is 18.9 Å². The number of thiophene rings is 1. The molecule has 110 valence electrons. The number of amides is 1. The largest absolute Gasteiger partial charge is 0.481 e. The predicted molar refractivity (Wildman–Crippen MR) is 85.5 cm³/mol. The van der Waals surface area contributed by atoms with Gasteiger partial charge in [-0.2, -0.15) is 0 Å². The molecule has 0 radical (unpaired) electrons. The maximum Gasteiger partial charge on any atom is 0.303 e. The van der Waals surface area contributed by atoms with E-state index in [0.717, 1.165) is 9.35 Å². The fourth-order valence-electron chi connectivity index (χ4n) is 1.95. The molecule has 1 amide bonds. The zero-order valence-corrected chi connectivity index (χ0v) is 13.5. The number of carboxylic acid groups (broad SMARTS) is 1. The molecule has 0 spiro atoms. The number of nitrogens with one attached hydrogen (secondary N) is 1. The molecule has 1 atom stereocenters. The maximum absolute atomic E-state index is 12.2. The zero-order valence-electron chi connectivity index (χ0n) is 11.1. The summed E-state index contributed by atoms with van der Waals surface area (Å²) in [5, 5.41) is 13.5. The molecule has 4 nitrogen and oxygen atoms in total. The van der Waals surface area contributed by atoms with Crippen LogP contribution < -0.4 is 5.32 Å². The lowest BCUT2D eigenvalue weighted by Gasteiger charge is -2.18. The number of hydrogen-bond acceptors (Lipinski definition) is 3. The van der Waals surface area contributed by atoms with Crippen molar-refractivity contribution in [3.8, 4) is 0 Å². The number of benzene rings is 1. The normalized spacial score (nSPS) is 11.9. The Labute approximate surface area is 134 Å². The van der Waals surface area contributed by atoms with E-state index in [1.165, 1.54) is 11.3 Å². The minimum atomic E-state index is -0.872. The van der Waals surface area contributed by atoms with Gasteiger partial charge >= 0.3 is 5.97 Å². The predicted octanol–water partition coefficient (Wildman–Crippen LogP) is 3.85. The Bertz CT molecular complexity index is 627. The van der Waals surface area contributed by atoms with E-state index in [0.29, 0.717) is 12.0 Å². The first-order valence-corrected chi connectivity index (χ1v) is 8.05. The van der Waals surface area contributed by atoms with Crippen molar-refractivity contribution in [3.63, 3.8) is 0 Å². The van der Waals surface area contributed by atoms with Gasteiger partial charge in [0.2, 0.25) is 0 Å². The smallest absolute Gasteiger partial charge is 0.303 e. The third kappa shape index (κ3) is 4.68. The molecule has 1 aromatic heterocycles. The van der Waals surface area contributed by atoms with E-state index >= 15 is 0 Å². The molecule has 2 rings (SSSR count). The van der Waals surface area contributed by atoms with Gasteiger partial charge in [-0.05, 0) is 34.0 Å². The van der Waals surface area contributed by atoms with Crippen molar-refractivity contribution in [2.75, 3.05) is 0 Å². The highest BCUT2D eigenvalue weighted by atomic mass is 79.9. The lowest BCUT2D eigenvalue weighted by atomic mass is 10.0. The minimum Gasteiger partial charge on any atom is -0.481 e. The molecule has 0 aliphatic rings. The molecule has 0 bridgehead atoms. The van der Waals surface area contributed by atoms with Gasteiger partial charge < -0.3 is 10.4 Å². The van der Waals surface area contributed by atoms with Crippen LogP contribution in [0.1, 0.15) is 34.8 Å². The van der Waals surface area contributed by atoms with Gasteiger partial charge in [-0.15, -0.1) is 11.3 Å². The summed E-state index contributed by atoms with van der Waals surface area (Å²) < 4.78 is 0.884. The summed E-state index contributed by atoms with van der Waals surface area (Å²) in [6.07, 6.45) is 0.365. The van der Waals surface area contributed by atoms with Crippen LogP contribution in [0.15, 0.2) is 45.6 Å². The molecule has 1 aromatic carbocycles. The Morgan fingerprint density at radius 2 is 2.00 bits per heavy atom. The van der Waals surface area contributed by atoms with Crippen molar-refractivity contribution in [3.05, 3.63) is 56.7 Å². The zero-order chi connectivity index (χ0) is 15.2. The van der Waals surface area contributed by atoms with Crippen LogP contribution in [0, 0.1) is 0 Å². The van der Waals surface area contributed by atoms with Crippen molar-refractivity contribution in [1.82, 2.24) is 5.32 Å². The average Bonchev–Trinajstić information content (AvgIpc) is 2.90. The lowest BCUT2D eigenvalue weighted by molar-refractivity contribution is -0.137. The summed E-state index contributed by atoms with van der Waals surface area (Å²) in [6.45, 7) is 0. The Morgan fingerprint density at radius 1 is 1.29 bits per heavy atom. The lowest BCUT2D eigenvalue weighted by Crippen LogP contribution is -2.28. The third-order valence-corrected chi connectivity index (χ3v) is 4.49. The molecular weight excluding hydrogens is 354 g/mol. The van der Waals surface area contributed by atoms with Crippen molar-refractivity contribution < 1.29 is 14.7 Å². The first-order chi connectivity index (χ1) is 10.1. The summed E-state index contributed by atoms with van der Waals surface area (Å²) in [6, 6.07) is 10.8. The minimum absolute atomic E-state index is 0.00712. The summed E-state index contributed by atoms with van der Waals surface area (Å²) in [4.78, 5) is 23.0. The highest BCUT2D eigenvalue weighted by Crippen LogP contribution is 2.23. The second kappa shape index (κ2) is 7.38. The number of halogens is 1. The number of carboxylic acids is 1. The van der Waals surface area contributed by atoms with Gasteiger partial charge in [-0.3, -0.25) is 9.59 Å². The van der Waals surface area contributed by atoms with E-state index in [4.69, 9.17) is 5.11 Å². The highest BCUT2D eigenvalue weighted by Gasteiger charge is 2.17. The van der Waals surface area contributed by atoms with Gasteiger partial charge in [0.05, 0.1) is 15.4 Å². The first-order valence-electron chi connectivity index (χ1n) is 6.38. The molecule has 0 fully saturated rings. The van der Waals surface area contributed by atoms with Crippen molar-refractivity contribution in [2.24, 2.45) is 0 Å². The molecule has 0 saturated carbocycles. The Balaban J connectivity index is 2.12. The maximum atomic E-state index is 12.2. The van der Waals surface area contributed by atoms with Crippen LogP contribution in [0.2, 0.25) is 0 Å². The van der Waals surface area contributed by atoms with Crippen LogP contribution in [0.25, 0.3) is 0 Å². The van der Waals surface area contributed by atoms with Crippen LogP contribution in [-0.4, -0.2) is 17.0 Å². The summed E-state index contributed by atoms with van der Waals surface area (Å²) in [5.41, 5.74) is 1.48. The average molecular weight is 368 g/mol. The number of aliphatic carboxylic acids is 1. The van der Waals surface area contributed by atoms with Gasteiger partial charge in [0.15, 0.2) is 0 Å². The first kappa shape index (κ1) is 15.7. The molecule has 21 heavy (non-hydrogen) atoms. The van der Waals surface area contributed by atoms with E-state index in [-0.39, 0.29) is 18.4 Å². The van der Waals surface area contributed by atoms with Crippen LogP contribution in [-0.2, 0) is 4.79 Å². The Morgan fingerprint density at radius 3 is 2.57 bits per heavy atom. The number of carbonyl (C=O) groups is 2. The Hall–Kier alpha value is -1.66. The van der Waals surface area contributed by atoms with E-state index in [9.17, 15) is 9.59 Å². The summed E-state index contributed by atoms with van der Waals surface area (Å²) in [7, 11) is 0. The van der Waals surface area contributed by atoms with Gasteiger partial charge in [-0.25, -0.2) is 0 Å². The number of rotatable bonds is 6. The fraction of sp³-hybridized carbons (Fsp3) is 0.200. The molecule has 1 heterocycles. The van der Waals surface area contributed by atoms with Crippen LogP contribution >= 0.6 is 27.3 Å². The van der Waals surface area contributed by atoms with E-state index in [1.807, 2.05) is 30.3 Å². The van der Waals surface area contributed by atoms with E-state index in [2.05, 4.69) is 21.2 Å². The molecule has 1 unspecified atom stereocenters. The molecule has 6 heteroatoms. The molecule has 0 aliphatic carbocycles. The van der Waals surface area contributed by atoms with Crippen molar-refractivity contribution in [1.29, 1.82) is 0 Å². The van der Waals surface area contributed by atoms with Gasteiger partial charge in [-0.1, -0.05) is 30.3 Å². The van der Waals surface area contributed by atoms with E-state index < -0.39 is 5.97 Å². The SMILES string of the molecule is O=C(O)CCC(NC(=O)c1csc(Br)c1)c1ccccc1. The third-order valence-electron chi connectivity index (χ3n) is 2.98. The molecule has 2 N–H and O–H groups in total. The number of hydrogen-bond donors (Lipinski definition) is 2. The topological polar surface area (TPSA) is 66.4 Å². The summed E-state index contributed by atoms with van der Waals surface area (Å²) in [5.74, 6) is -1.07. The van der Waals surface area contributed by atoms with E-state index in [1.54, 1.807) is 11.4 Å². The second-order valence-corrected chi connectivity index (χ2v) is 6.80. The van der Waals surface area contributed by atoms with Crippen LogP contribution in [0.5, 0.6) is 0 Å². The van der Waals surface area contributed by atoms with Crippen LogP contribution in [0.4, 0.5) is 0 Å². The second-order valence-electron chi connectivity index (χ2n) is 4.51. The molecule has 0 aliphatic heterocycles. The highest BCUT2D eigenvalue weighted by molar-refractivity contribution is 9.11.